The van der Waals surface area contributed by atoms with Crippen molar-refractivity contribution < 1.29 is 74.5 Å². The number of esters is 1. The second kappa shape index (κ2) is 30.9. The van der Waals surface area contributed by atoms with E-state index in [-0.39, 0.29) is 62.0 Å². The number of phenols is 1. The number of carbonyl (C=O) groups is 8. The van der Waals surface area contributed by atoms with Gasteiger partial charge in [-0.15, -0.1) is 0 Å². The van der Waals surface area contributed by atoms with Crippen LogP contribution in [0.25, 0.3) is 10.9 Å². The van der Waals surface area contributed by atoms with Crippen molar-refractivity contribution in [3.05, 3.63) is 149 Å². The number of para-hydroxylation sites is 1. The van der Waals surface area contributed by atoms with E-state index in [1.54, 1.807) is 86.8 Å². The monoisotopic (exact) mass is 1240 g/mol. The van der Waals surface area contributed by atoms with E-state index in [1.165, 1.54) is 49.5 Å². The van der Waals surface area contributed by atoms with Gasteiger partial charge in [0.2, 0.25) is 41.4 Å². The minimum absolute atomic E-state index is 0.00822. The molecule has 0 unspecified atom stereocenters. The van der Waals surface area contributed by atoms with Crippen molar-refractivity contribution >= 4 is 70.0 Å². The van der Waals surface area contributed by atoms with Crippen molar-refractivity contribution in [2.45, 2.75) is 114 Å². The summed E-state index contributed by atoms with van der Waals surface area (Å²) < 4.78 is 88.4. The predicted octanol–water partition coefficient (Wildman–Crippen LogP) is 4.68. The Morgan fingerprint density at radius 1 is 0.632 bits per heavy atom. The van der Waals surface area contributed by atoms with Crippen molar-refractivity contribution in [3.63, 3.8) is 0 Å². The lowest BCUT2D eigenvalue weighted by Gasteiger charge is -2.27. The Kier molecular flexibility index (Phi) is 23.9. The third-order valence-corrected chi connectivity index (χ3v) is 14.2. The van der Waals surface area contributed by atoms with Gasteiger partial charge in [-0.2, -0.15) is 38.1 Å². The van der Waals surface area contributed by atoms with Gasteiger partial charge in [0.1, 0.15) is 47.8 Å². The Hall–Kier alpha value is -8.92. The molecule has 466 valence electrons. The first-order valence-corrected chi connectivity index (χ1v) is 28.7. The molecule has 2 heterocycles. The molecule has 6 rings (SSSR count). The molecule has 0 fully saturated rings. The zero-order valence-electron chi connectivity index (χ0n) is 47.6. The molecule has 12 N–H and O–H groups in total. The second-order valence-corrected chi connectivity index (χ2v) is 21.9. The molecule has 21 nitrogen and oxygen atoms in total. The van der Waals surface area contributed by atoms with Crippen LogP contribution in [-0.4, -0.2) is 128 Å². The molecule has 0 aliphatic carbocycles. The highest BCUT2D eigenvalue weighted by molar-refractivity contribution is 7.98. The molecule has 0 saturated heterocycles. The summed E-state index contributed by atoms with van der Waals surface area (Å²) in [5.41, 5.74) is 5.10. The number of rotatable bonds is 29. The Balaban J connectivity index is 1.18. The summed E-state index contributed by atoms with van der Waals surface area (Å²) in [6.45, 7) is 4.13. The molecule has 0 spiro atoms. The van der Waals surface area contributed by atoms with E-state index in [0.717, 1.165) is 0 Å². The molecule has 0 bridgehead atoms. The van der Waals surface area contributed by atoms with Crippen LogP contribution in [0.3, 0.4) is 0 Å². The van der Waals surface area contributed by atoms with Gasteiger partial charge < -0.3 is 62.8 Å². The first-order valence-electron chi connectivity index (χ1n) is 27.4. The van der Waals surface area contributed by atoms with E-state index < -0.39 is 132 Å². The molecule has 0 aliphatic rings. The number of halogens is 6. The number of nitrogens with zero attached hydrogens (tertiary/aromatic N) is 1. The fourth-order valence-electron chi connectivity index (χ4n) is 9.00. The zero-order valence-corrected chi connectivity index (χ0v) is 48.4. The molecule has 2 aromatic heterocycles. The molecule has 28 heteroatoms. The van der Waals surface area contributed by atoms with E-state index in [1.807, 2.05) is 0 Å². The van der Waals surface area contributed by atoms with Crippen LogP contribution >= 0.6 is 11.8 Å². The summed E-state index contributed by atoms with van der Waals surface area (Å²) in [6, 6.07) is 11.9. The SMILES string of the molecule is CSCC[C@H](NC(=O)[C@H](Cc1ccccc1)NC(=O)CNC(=O)[C@@H](C)NC(=O)[C@@H](N)Cc1ccc(O)cc1)C(=O)N[C@@H](Cc1cnc[nH]1)C(=O)N[C@@H](CC(C)C)C(=O)N[C@@H](Cc1c[nH]c2ccccc12)C(=O)Oc1cc(C(F)(F)F)cc(C(F)(F)F)c1. The maximum absolute atomic E-state index is 14.6. The standard InChI is InChI=1S/C59H67F6N11O10S/c1-32(2)20-46(54(82)76-49(23-36-28-68-44-13-9-8-12-42(36)44)57(85)86-41-25-37(58(60,61)62)24-38(26-41)59(63,64)65)74-56(84)48(27-39-29-67-31-70-39)75-53(81)45(18-19-87-4)73-55(83)47(22-34-10-6-5-7-11-34)72-50(78)30-69-51(79)33(3)71-52(80)43(66)21-35-14-16-40(77)17-15-35/h5-17,24-26,28-29,31-33,43,45-49,68,77H,18-23,27,30,66H2,1-4H3,(H,67,70)(H,69,79)(H,71,80)(H,72,78)(H,73,83)(H,74,84)(H,75,81)(H,76,82)/t33-,43+,45+,46+,47+,48+,49+/m1/s1. The van der Waals surface area contributed by atoms with Crippen LogP contribution in [0.2, 0.25) is 0 Å². The number of imidazole rings is 1. The zero-order chi connectivity index (χ0) is 63.6. The number of aromatic amines is 2. The largest absolute Gasteiger partial charge is 0.508 e. The van der Waals surface area contributed by atoms with Crippen LogP contribution in [0.15, 0.2) is 116 Å². The second-order valence-electron chi connectivity index (χ2n) is 20.9. The van der Waals surface area contributed by atoms with Gasteiger partial charge in [0.05, 0.1) is 30.0 Å². The average molecular weight is 1240 g/mol. The number of hydrogen-bond donors (Lipinski definition) is 11. The highest BCUT2D eigenvalue weighted by Crippen LogP contribution is 2.38. The molecular formula is C59H67F6N11O10S. The number of amides is 7. The molecule has 0 saturated carbocycles. The van der Waals surface area contributed by atoms with Crippen LogP contribution in [0.5, 0.6) is 11.5 Å². The summed E-state index contributed by atoms with van der Waals surface area (Å²) >= 11 is 1.33. The number of thioether (sulfide) groups is 1. The number of ether oxygens (including phenoxy) is 1. The number of hydrogen-bond acceptors (Lipinski definition) is 13. The minimum atomic E-state index is -5.28. The van der Waals surface area contributed by atoms with Crippen LogP contribution in [0.1, 0.15) is 67.1 Å². The van der Waals surface area contributed by atoms with Crippen molar-refractivity contribution in [1.29, 1.82) is 0 Å². The predicted molar refractivity (Wildman–Crippen MR) is 309 cm³/mol. The van der Waals surface area contributed by atoms with Crippen molar-refractivity contribution in [3.8, 4) is 11.5 Å². The number of benzene rings is 4. The molecule has 7 amide bonds. The van der Waals surface area contributed by atoms with E-state index >= 15 is 0 Å². The third-order valence-electron chi connectivity index (χ3n) is 13.5. The normalized spacial score (nSPS) is 14.1. The average Bonchev–Trinajstić information content (AvgIpc) is 3.45. The molecule has 4 aromatic carbocycles. The van der Waals surface area contributed by atoms with Crippen LogP contribution in [0.4, 0.5) is 26.3 Å². The minimum Gasteiger partial charge on any atom is -0.508 e. The maximum atomic E-state index is 14.6. The number of H-pyrrole nitrogens is 2. The number of aromatic hydroxyl groups is 1. The van der Waals surface area contributed by atoms with Gasteiger partial charge in [0.15, 0.2) is 0 Å². The maximum Gasteiger partial charge on any atom is 0.416 e. The molecule has 6 aromatic rings. The summed E-state index contributed by atoms with van der Waals surface area (Å²) in [6.07, 6.45) is -5.45. The number of alkyl halides is 6. The molecule has 87 heavy (non-hydrogen) atoms. The Bertz CT molecular complexity index is 3300. The Morgan fingerprint density at radius 3 is 1.83 bits per heavy atom. The first kappa shape index (κ1) is 67.2. The Morgan fingerprint density at radius 2 is 1.21 bits per heavy atom. The van der Waals surface area contributed by atoms with E-state index in [2.05, 4.69) is 52.2 Å². The summed E-state index contributed by atoms with van der Waals surface area (Å²) in [4.78, 5) is 121. The van der Waals surface area contributed by atoms with Crippen molar-refractivity contribution in [2.24, 2.45) is 11.7 Å². The van der Waals surface area contributed by atoms with Crippen molar-refractivity contribution in [2.75, 3.05) is 18.6 Å². The number of carbonyl (C=O) groups excluding carboxylic acids is 8. The summed E-state index contributed by atoms with van der Waals surface area (Å²) in [7, 11) is 0. The number of fused-ring (bicyclic) bond motifs is 1. The fraction of sp³-hybridized carbons (Fsp3) is 0.373. The smallest absolute Gasteiger partial charge is 0.416 e. The topological polar surface area (TPSA) is 321 Å². The number of phenolic OH excluding ortho intramolecular Hbond substituents is 1. The molecule has 7 atom stereocenters. The van der Waals surface area contributed by atoms with Crippen LogP contribution < -0.4 is 47.7 Å². The summed E-state index contributed by atoms with van der Waals surface area (Å²) in [5, 5.41) is 28.1. The number of nitrogens with one attached hydrogen (secondary N) is 9. The van der Waals surface area contributed by atoms with Crippen LogP contribution in [-0.2, 0) is 76.4 Å². The van der Waals surface area contributed by atoms with Gasteiger partial charge in [0, 0.05) is 48.3 Å². The van der Waals surface area contributed by atoms with Gasteiger partial charge in [-0.1, -0.05) is 74.5 Å². The molecular weight excluding hydrogens is 1170 g/mol. The first-order chi connectivity index (χ1) is 41.2. The highest BCUT2D eigenvalue weighted by Gasteiger charge is 2.39. The summed E-state index contributed by atoms with van der Waals surface area (Å²) in [5.74, 6) is -8.51. The van der Waals surface area contributed by atoms with E-state index in [0.29, 0.717) is 39.0 Å². The van der Waals surface area contributed by atoms with Crippen LogP contribution in [0, 0.1) is 5.92 Å². The van der Waals surface area contributed by atoms with Crippen molar-refractivity contribution in [1.82, 2.24) is 52.2 Å². The van der Waals surface area contributed by atoms with Gasteiger partial charge in [-0.3, -0.25) is 33.6 Å². The fourth-order valence-corrected chi connectivity index (χ4v) is 9.47. The lowest BCUT2D eigenvalue weighted by Crippen LogP contribution is -2.60. The van der Waals surface area contributed by atoms with Gasteiger partial charge in [0.25, 0.3) is 0 Å². The van der Waals surface area contributed by atoms with Gasteiger partial charge in [-0.25, -0.2) is 9.78 Å². The highest BCUT2D eigenvalue weighted by atomic mass is 32.2. The van der Waals surface area contributed by atoms with E-state index in [4.69, 9.17) is 10.5 Å². The van der Waals surface area contributed by atoms with E-state index in [9.17, 15) is 69.8 Å². The molecule has 0 radical (unpaired) electrons. The number of nitrogens with two attached hydrogens (primary N) is 1. The number of aromatic nitrogens is 3. The Labute approximate surface area is 499 Å². The third kappa shape index (κ3) is 20.6. The van der Waals surface area contributed by atoms with Gasteiger partial charge in [-0.05, 0) is 97.2 Å². The molecule has 0 aliphatic heterocycles. The van der Waals surface area contributed by atoms with Gasteiger partial charge >= 0.3 is 18.3 Å². The quantitative estimate of drug-likeness (QED) is 0.0173. The lowest BCUT2D eigenvalue weighted by atomic mass is 10.00. The lowest BCUT2D eigenvalue weighted by molar-refractivity contribution is -0.145.